The van der Waals surface area contributed by atoms with Gasteiger partial charge >= 0.3 is 0 Å². The van der Waals surface area contributed by atoms with Crippen LogP contribution < -0.4 is 24.8 Å². The molecular formula is C22H29FIN3O4. The average Bonchev–Trinajstić information content (AvgIpc) is 2.76. The number of fused-ring (bicyclic) bond motifs is 1. The molecule has 1 aliphatic heterocycles. The molecule has 31 heavy (non-hydrogen) atoms. The van der Waals surface area contributed by atoms with Gasteiger partial charge in [-0.15, -0.1) is 24.0 Å². The number of nitrogens with zero attached hydrogens (tertiary/aromatic N) is 1. The first-order valence-electron chi connectivity index (χ1n) is 9.86. The van der Waals surface area contributed by atoms with Crippen molar-refractivity contribution in [2.24, 2.45) is 4.99 Å². The van der Waals surface area contributed by atoms with Crippen LogP contribution in [0, 0.1) is 5.82 Å². The van der Waals surface area contributed by atoms with Crippen LogP contribution in [0.5, 0.6) is 17.2 Å². The lowest BCUT2D eigenvalue weighted by Crippen LogP contribution is -2.42. The van der Waals surface area contributed by atoms with Crippen molar-refractivity contribution in [2.75, 3.05) is 34.0 Å². The Balaban J connectivity index is 0.00000341. The number of hydrogen-bond donors (Lipinski definition) is 2. The summed E-state index contributed by atoms with van der Waals surface area (Å²) in [6, 6.07) is 10.5. The van der Waals surface area contributed by atoms with E-state index in [2.05, 4.69) is 15.6 Å². The van der Waals surface area contributed by atoms with Gasteiger partial charge < -0.3 is 29.6 Å². The molecule has 1 aliphatic rings. The van der Waals surface area contributed by atoms with E-state index in [0.29, 0.717) is 49.3 Å². The van der Waals surface area contributed by atoms with Gasteiger partial charge in [-0.1, -0.05) is 12.1 Å². The normalized spacial score (nSPS) is 13.9. The predicted octanol–water partition coefficient (Wildman–Crippen LogP) is 3.49. The minimum atomic E-state index is -0.289. The number of methoxy groups -OCH3 is 1. The molecule has 0 aliphatic carbocycles. The molecule has 0 radical (unpaired) electrons. The van der Waals surface area contributed by atoms with Gasteiger partial charge in [0.15, 0.2) is 24.3 Å². The topological polar surface area (TPSA) is 73.3 Å². The van der Waals surface area contributed by atoms with Crippen molar-refractivity contribution in [3.63, 3.8) is 0 Å². The fourth-order valence-electron chi connectivity index (χ4n) is 3.19. The first-order chi connectivity index (χ1) is 14.6. The molecule has 3 rings (SSSR count). The third-order valence-corrected chi connectivity index (χ3v) is 4.62. The van der Waals surface area contributed by atoms with Gasteiger partial charge in [0.2, 0.25) is 0 Å². The molecule has 0 bridgehead atoms. The Morgan fingerprint density at radius 3 is 2.74 bits per heavy atom. The van der Waals surface area contributed by atoms with Crippen LogP contribution in [0.15, 0.2) is 41.4 Å². The molecule has 7 nitrogen and oxygen atoms in total. The molecule has 1 atom stereocenters. The third-order valence-electron chi connectivity index (χ3n) is 4.62. The minimum Gasteiger partial charge on any atom is -0.493 e. The van der Waals surface area contributed by atoms with E-state index in [0.717, 1.165) is 11.1 Å². The second-order valence-corrected chi connectivity index (χ2v) is 6.87. The van der Waals surface area contributed by atoms with E-state index in [1.165, 1.54) is 12.1 Å². The zero-order chi connectivity index (χ0) is 21.3. The summed E-state index contributed by atoms with van der Waals surface area (Å²) >= 11 is 0. The van der Waals surface area contributed by atoms with Crippen LogP contribution in [-0.4, -0.2) is 46.1 Å². The standard InChI is InChI=1S/C22H28FN3O4.HI/c1-15(30-20-7-5-4-6-19(20)27-3)12-26-22(24-2)25-9-8-16-10-18(23)11-17-13-28-14-29-21(16)17;/h4-7,10-11,15H,8-9,12-14H2,1-3H3,(H2,24,25,26);1H. The average molecular weight is 545 g/mol. The van der Waals surface area contributed by atoms with Crippen LogP contribution >= 0.6 is 24.0 Å². The maximum atomic E-state index is 13.9. The minimum absolute atomic E-state index is 0. The number of aliphatic imine (C=N–C) groups is 1. The van der Waals surface area contributed by atoms with Crippen LogP contribution in [0.1, 0.15) is 18.1 Å². The van der Waals surface area contributed by atoms with Crippen LogP contribution in [0.3, 0.4) is 0 Å². The molecular weight excluding hydrogens is 516 g/mol. The van der Waals surface area contributed by atoms with E-state index in [1.54, 1.807) is 14.2 Å². The Morgan fingerprint density at radius 1 is 1.23 bits per heavy atom. The Hall–Kier alpha value is -2.27. The molecule has 1 unspecified atom stereocenters. The van der Waals surface area contributed by atoms with Gasteiger partial charge in [-0.2, -0.15) is 0 Å². The smallest absolute Gasteiger partial charge is 0.191 e. The van der Waals surface area contributed by atoms with Crippen molar-refractivity contribution in [2.45, 2.75) is 26.1 Å². The summed E-state index contributed by atoms with van der Waals surface area (Å²) in [5.41, 5.74) is 1.55. The van der Waals surface area contributed by atoms with Crippen molar-refractivity contribution in [1.82, 2.24) is 10.6 Å². The number of benzene rings is 2. The van der Waals surface area contributed by atoms with Gasteiger partial charge in [-0.05, 0) is 43.2 Å². The second kappa shape index (κ2) is 12.6. The Bertz CT molecular complexity index is 882. The molecule has 0 saturated heterocycles. The number of ether oxygens (including phenoxy) is 4. The number of rotatable bonds is 8. The summed E-state index contributed by atoms with van der Waals surface area (Å²) in [6.07, 6.45) is 0.483. The molecule has 2 N–H and O–H groups in total. The van der Waals surface area contributed by atoms with E-state index in [1.807, 2.05) is 31.2 Å². The molecule has 1 heterocycles. The summed E-state index contributed by atoms with van der Waals surface area (Å²) in [6.45, 7) is 3.63. The van der Waals surface area contributed by atoms with E-state index in [-0.39, 0.29) is 42.7 Å². The highest BCUT2D eigenvalue weighted by Gasteiger charge is 2.17. The lowest BCUT2D eigenvalue weighted by Gasteiger charge is -2.21. The van der Waals surface area contributed by atoms with Crippen LogP contribution in [0.25, 0.3) is 0 Å². The van der Waals surface area contributed by atoms with Crippen molar-refractivity contribution >= 4 is 29.9 Å². The molecule has 0 aromatic heterocycles. The van der Waals surface area contributed by atoms with Crippen molar-refractivity contribution in [3.8, 4) is 17.2 Å². The number of para-hydroxylation sites is 2. The summed E-state index contributed by atoms with van der Waals surface area (Å²) in [7, 11) is 3.32. The van der Waals surface area contributed by atoms with Crippen LogP contribution in [0.4, 0.5) is 4.39 Å². The lowest BCUT2D eigenvalue weighted by molar-refractivity contribution is -0.0172. The van der Waals surface area contributed by atoms with Gasteiger partial charge in [0.25, 0.3) is 0 Å². The molecule has 0 fully saturated rings. The van der Waals surface area contributed by atoms with Crippen LogP contribution in [0.2, 0.25) is 0 Å². The van der Waals surface area contributed by atoms with E-state index in [4.69, 9.17) is 18.9 Å². The number of halogens is 2. The zero-order valence-electron chi connectivity index (χ0n) is 17.9. The van der Waals surface area contributed by atoms with E-state index < -0.39 is 0 Å². The second-order valence-electron chi connectivity index (χ2n) is 6.87. The lowest BCUT2D eigenvalue weighted by atomic mass is 10.1. The maximum absolute atomic E-state index is 13.9. The fourth-order valence-corrected chi connectivity index (χ4v) is 3.19. The predicted molar refractivity (Wildman–Crippen MR) is 128 cm³/mol. The molecule has 2 aromatic rings. The third kappa shape index (κ3) is 7.13. The molecule has 170 valence electrons. The highest BCUT2D eigenvalue weighted by atomic mass is 127. The molecule has 0 saturated carbocycles. The summed E-state index contributed by atoms with van der Waals surface area (Å²) in [5.74, 6) is 2.45. The Morgan fingerprint density at radius 2 is 2.00 bits per heavy atom. The molecule has 2 aromatic carbocycles. The SMILES string of the molecule is CN=C(NCCc1cc(F)cc2c1OCOC2)NCC(C)Oc1ccccc1OC.I. The van der Waals surface area contributed by atoms with Gasteiger partial charge in [0.1, 0.15) is 17.7 Å². The van der Waals surface area contributed by atoms with Crippen molar-refractivity contribution in [1.29, 1.82) is 0 Å². The number of guanidine groups is 1. The fraction of sp³-hybridized carbons (Fsp3) is 0.409. The first kappa shape index (κ1) is 25.0. The molecule has 9 heteroatoms. The molecule has 0 spiro atoms. The zero-order valence-corrected chi connectivity index (χ0v) is 20.3. The molecule has 0 amide bonds. The van der Waals surface area contributed by atoms with Crippen LogP contribution in [-0.2, 0) is 17.8 Å². The van der Waals surface area contributed by atoms with E-state index in [9.17, 15) is 4.39 Å². The quantitative estimate of drug-likeness (QED) is 0.301. The number of hydrogen-bond acceptors (Lipinski definition) is 5. The van der Waals surface area contributed by atoms with Crippen molar-refractivity contribution < 1.29 is 23.3 Å². The highest BCUT2D eigenvalue weighted by molar-refractivity contribution is 14.0. The maximum Gasteiger partial charge on any atom is 0.191 e. The van der Waals surface area contributed by atoms with Gasteiger partial charge in [0.05, 0.1) is 20.3 Å². The Labute approximate surface area is 199 Å². The Kier molecular flexibility index (Phi) is 10.1. The largest absolute Gasteiger partial charge is 0.493 e. The number of nitrogens with one attached hydrogen (secondary N) is 2. The monoisotopic (exact) mass is 545 g/mol. The van der Waals surface area contributed by atoms with Gasteiger partial charge in [-0.3, -0.25) is 4.99 Å². The summed E-state index contributed by atoms with van der Waals surface area (Å²) in [5, 5.41) is 6.47. The highest BCUT2D eigenvalue weighted by Crippen LogP contribution is 2.29. The van der Waals surface area contributed by atoms with Gasteiger partial charge in [0, 0.05) is 19.2 Å². The van der Waals surface area contributed by atoms with Crippen molar-refractivity contribution in [3.05, 3.63) is 53.3 Å². The van der Waals surface area contributed by atoms with Gasteiger partial charge in [-0.25, -0.2) is 4.39 Å². The summed E-state index contributed by atoms with van der Waals surface area (Å²) in [4.78, 5) is 4.23. The summed E-state index contributed by atoms with van der Waals surface area (Å²) < 4.78 is 35.9. The first-order valence-corrected chi connectivity index (χ1v) is 9.86. The van der Waals surface area contributed by atoms with E-state index >= 15 is 0 Å².